The zero-order valence-electron chi connectivity index (χ0n) is 18.3. The number of rotatable bonds is 7. The molecule has 170 valence electrons. The van der Waals surface area contributed by atoms with E-state index in [9.17, 15) is 9.59 Å². The Hall–Kier alpha value is -2.19. The van der Waals surface area contributed by atoms with Crippen LogP contribution < -0.4 is 10.9 Å². The molecule has 4 rings (SSSR count). The van der Waals surface area contributed by atoms with Gasteiger partial charge < -0.3 is 19.3 Å². The lowest BCUT2D eigenvalue weighted by molar-refractivity contribution is 0.0744. The number of hydrogen-bond donors (Lipinski definition) is 1. The molecule has 0 aromatic carbocycles. The van der Waals surface area contributed by atoms with Crippen LogP contribution in [0.4, 0.5) is 0 Å². The number of carbonyl (C=O) groups excluding carboxylic acids is 1. The molecule has 1 N–H and O–H groups in total. The topological polar surface area (TPSA) is 93.3 Å². The van der Waals surface area contributed by atoms with Gasteiger partial charge in [-0.3, -0.25) is 9.59 Å². The lowest BCUT2D eigenvalue weighted by Crippen LogP contribution is -2.39. The normalized spacial score (nSPS) is 18.8. The molecule has 1 amide bonds. The summed E-state index contributed by atoms with van der Waals surface area (Å²) in [5.74, 6) is 1.66. The van der Waals surface area contributed by atoms with Crippen molar-refractivity contribution in [1.82, 2.24) is 24.9 Å². The summed E-state index contributed by atoms with van der Waals surface area (Å²) in [6.07, 6.45) is 7.38. The van der Waals surface area contributed by atoms with E-state index in [0.29, 0.717) is 42.2 Å². The summed E-state index contributed by atoms with van der Waals surface area (Å²) in [6.45, 7) is 7.00. The van der Waals surface area contributed by atoms with Gasteiger partial charge in [-0.25, -0.2) is 0 Å². The van der Waals surface area contributed by atoms with Crippen molar-refractivity contribution in [3.63, 3.8) is 0 Å². The number of nitrogens with zero attached hydrogens (tertiary/aromatic N) is 4. The molecule has 1 saturated heterocycles. The number of aryl methyl sites for hydroxylation is 1. The van der Waals surface area contributed by atoms with Gasteiger partial charge in [0.1, 0.15) is 5.56 Å². The van der Waals surface area contributed by atoms with Crippen molar-refractivity contribution in [2.45, 2.75) is 65.0 Å². The first-order chi connectivity index (χ1) is 14.6. The van der Waals surface area contributed by atoms with Gasteiger partial charge in [0.05, 0.1) is 6.54 Å². The number of pyridine rings is 1. The van der Waals surface area contributed by atoms with Crippen LogP contribution in [0.1, 0.15) is 72.6 Å². The molecule has 1 unspecified atom stereocenters. The minimum atomic E-state index is -0.272. The molecule has 9 heteroatoms. The van der Waals surface area contributed by atoms with Gasteiger partial charge >= 0.3 is 0 Å². The number of amides is 1. The Bertz CT molecular complexity index is 947. The smallest absolute Gasteiger partial charge is 0.263 e. The van der Waals surface area contributed by atoms with Crippen LogP contribution in [0.3, 0.4) is 0 Å². The minimum Gasteiger partial charge on any atom is -0.339 e. The van der Waals surface area contributed by atoms with E-state index in [0.717, 1.165) is 38.8 Å². The van der Waals surface area contributed by atoms with Gasteiger partial charge in [-0.05, 0) is 70.2 Å². The van der Waals surface area contributed by atoms with Crippen molar-refractivity contribution in [1.29, 1.82) is 0 Å². The van der Waals surface area contributed by atoms with Crippen molar-refractivity contribution < 1.29 is 9.32 Å². The van der Waals surface area contributed by atoms with Crippen LogP contribution in [-0.2, 0) is 13.1 Å². The van der Waals surface area contributed by atoms with Gasteiger partial charge in [0.25, 0.3) is 11.5 Å². The molecule has 8 nitrogen and oxygen atoms in total. The van der Waals surface area contributed by atoms with Gasteiger partial charge in [-0.15, -0.1) is 12.4 Å². The standard InChI is InChI=1S/C22H31N5O3.ClH/c1-3-26(14-18-24-20(30-25-18)17-7-4-8-17)21(28)19-15(2)9-11-27(22(19)29)13-16-6-5-10-23-12-16;/h9,11,16-17,23H,3-8,10,12-14H2,1-2H3;1H. The average Bonchev–Trinajstić information content (AvgIpc) is 3.15. The summed E-state index contributed by atoms with van der Waals surface area (Å²) in [5, 5.41) is 7.44. The molecule has 2 fully saturated rings. The lowest BCUT2D eigenvalue weighted by atomic mass is 9.85. The summed E-state index contributed by atoms with van der Waals surface area (Å²) in [6, 6.07) is 1.86. The molecule has 1 aliphatic carbocycles. The Labute approximate surface area is 188 Å². The van der Waals surface area contributed by atoms with E-state index in [-0.39, 0.29) is 36.0 Å². The van der Waals surface area contributed by atoms with Crippen molar-refractivity contribution >= 4 is 18.3 Å². The first kappa shape index (κ1) is 23.5. The number of piperidine rings is 1. The van der Waals surface area contributed by atoms with Gasteiger partial charge in [0, 0.05) is 25.2 Å². The van der Waals surface area contributed by atoms with Crippen LogP contribution >= 0.6 is 12.4 Å². The molecule has 31 heavy (non-hydrogen) atoms. The van der Waals surface area contributed by atoms with E-state index in [1.54, 1.807) is 9.47 Å². The van der Waals surface area contributed by atoms with Crippen molar-refractivity contribution in [3.8, 4) is 0 Å². The molecule has 3 heterocycles. The fraction of sp³-hybridized carbons (Fsp3) is 0.636. The number of carbonyl (C=O) groups is 1. The van der Waals surface area contributed by atoms with Gasteiger partial charge in [-0.2, -0.15) is 4.98 Å². The Kier molecular flexibility index (Phi) is 7.89. The second-order valence-corrected chi connectivity index (χ2v) is 8.54. The summed E-state index contributed by atoms with van der Waals surface area (Å²) >= 11 is 0. The third-order valence-electron chi connectivity index (χ3n) is 6.38. The van der Waals surface area contributed by atoms with Gasteiger partial charge in [0.15, 0.2) is 5.82 Å². The Morgan fingerprint density at radius 1 is 1.32 bits per heavy atom. The first-order valence-electron chi connectivity index (χ1n) is 11.1. The maximum Gasteiger partial charge on any atom is 0.263 e. The monoisotopic (exact) mass is 449 g/mol. The van der Waals surface area contributed by atoms with E-state index >= 15 is 0 Å². The summed E-state index contributed by atoms with van der Waals surface area (Å²) in [7, 11) is 0. The molecular formula is C22H32ClN5O3. The molecule has 2 aromatic rings. The highest BCUT2D eigenvalue weighted by Gasteiger charge is 2.27. The van der Waals surface area contributed by atoms with E-state index in [2.05, 4.69) is 15.5 Å². The second kappa shape index (κ2) is 10.4. The molecule has 1 aliphatic heterocycles. The Morgan fingerprint density at radius 2 is 2.13 bits per heavy atom. The van der Waals surface area contributed by atoms with Crippen LogP contribution in [0.15, 0.2) is 21.6 Å². The van der Waals surface area contributed by atoms with E-state index < -0.39 is 0 Å². The highest BCUT2D eigenvalue weighted by Crippen LogP contribution is 2.35. The van der Waals surface area contributed by atoms with Crippen LogP contribution in [0.2, 0.25) is 0 Å². The molecule has 1 saturated carbocycles. The minimum absolute atomic E-state index is 0. The average molecular weight is 450 g/mol. The number of aromatic nitrogens is 3. The Balaban J connectivity index is 0.00000272. The SMILES string of the molecule is CCN(Cc1noc(C2CCC2)n1)C(=O)c1c(C)ccn(CC2CCCNC2)c1=O.Cl. The number of halogens is 1. The van der Waals surface area contributed by atoms with E-state index in [4.69, 9.17) is 4.52 Å². The van der Waals surface area contributed by atoms with E-state index in [1.165, 1.54) is 6.42 Å². The Morgan fingerprint density at radius 3 is 2.77 bits per heavy atom. The fourth-order valence-electron chi connectivity index (χ4n) is 4.24. The third kappa shape index (κ3) is 5.18. The fourth-order valence-corrected chi connectivity index (χ4v) is 4.24. The lowest BCUT2D eigenvalue weighted by Gasteiger charge is -2.24. The highest BCUT2D eigenvalue weighted by molar-refractivity contribution is 5.95. The molecule has 0 spiro atoms. The maximum atomic E-state index is 13.3. The van der Waals surface area contributed by atoms with Crippen LogP contribution in [-0.4, -0.2) is 45.1 Å². The quantitative estimate of drug-likeness (QED) is 0.698. The predicted octanol–water partition coefficient (Wildman–Crippen LogP) is 2.89. The van der Waals surface area contributed by atoms with Crippen LogP contribution in [0.5, 0.6) is 0 Å². The number of nitrogens with one attached hydrogen (secondary N) is 1. The molecule has 0 bridgehead atoms. The highest BCUT2D eigenvalue weighted by atomic mass is 35.5. The van der Waals surface area contributed by atoms with Crippen molar-refractivity contribution in [3.05, 3.63) is 45.5 Å². The van der Waals surface area contributed by atoms with Crippen molar-refractivity contribution in [2.75, 3.05) is 19.6 Å². The molecule has 0 radical (unpaired) electrons. The molecule has 1 atom stereocenters. The van der Waals surface area contributed by atoms with E-state index in [1.807, 2.05) is 26.1 Å². The zero-order valence-corrected chi connectivity index (χ0v) is 19.1. The molecular weight excluding hydrogens is 418 g/mol. The second-order valence-electron chi connectivity index (χ2n) is 8.54. The van der Waals surface area contributed by atoms with Crippen LogP contribution in [0, 0.1) is 12.8 Å². The van der Waals surface area contributed by atoms with Gasteiger partial charge in [0.2, 0.25) is 5.89 Å². The largest absolute Gasteiger partial charge is 0.339 e. The van der Waals surface area contributed by atoms with Crippen LogP contribution in [0.25, 0.3) is 0 Å². The van der Waals surface area contributed by atoms with Gasteiger partial charge in [-0.1, -0.05) is 11.6 Å². The summed E-state index contributed by atoms with van der Waals surface area (Å²) < 4.78 is 7.07. The summed E-state index contributed by atoms with van der Waals surface area (Å²) in [5.41, 5.74) is 0.725. The summed E-state index contributed by atoms with van der Waals surface area (Å²) in [4.78, 5) is 32.5. The number of hydrogen-bond acceptors (Lipinski definition) is 6. The maximum absolute atomic E-state index is 13.3. The first-order valence-corrected chi connectivity index (χ1v) is 11.1. The third-order valence-corrected chi connectivity index (χ3v) is 6.38. The predicted molar refractivity (Wildman–Crippen MR) is 120 cm³/mol. The molecule has 2 aromatic heterocycles. The van der Waals surface area contributed by atoms with Crippen molar-refractivity contribution in [2.24, 2.45) is 5.92 Å². The zero-order chi connectivity index (χ0) is 21.1. The molecule has 2 aliphatic rings.